The summed E-state index contributed by atoms with van der Waals surface area (Å²) in [4.78, 5) is 37.2. The molecule has 0 aromatic carbocycles. The Morgan fingerprint density at radius 3 is 2.78 bits per heavy atom. The van der Waals surface area contributed by atoms with E-state index in [0.29, 0.717) is 12.0 Å². The van der Waals surface area contributed by atoms with Gasteiger partial charge in [-0.3, -0.25) is 9.59 Å². The van der Waals surface area contributed by atoms with Crippen LogP contribution in [0.25, 0.3) is 0 Å². The van der Waals surface area contributed by atoms with E-state index in [0.717, 1.165) is 0 Å². The summed E-state index contributed by atoms with van der Waals surface area (Å²) in [5.74, 6) is -4.01. The molecule has 0 aromatic heterocycles. The average Bonchev–Trinajstić information content (AvgIpc) is 2.99. The van der Waals surface area contributed by atoms with Crippen LogP contribution < -0.4 is 0 Å². The number of carbonyl (C=O) groups is 3. The first-order valence-corrected chi connectivity index (χ1v) is 9.26. The van der Waals surface area contributed by atoms with Crippen LogP contribution in [0.1, 0.15) is 47.0 Å². The van der Waals surface area contributed by atoms with Gasteiger partial charge in [-0.2, -0.15) is 0 Å². The van der Waals surface area contributed by atoms with E-state index in [1.54, 1.807) is 26.8 Å². The Morgan fingerprint density at radius 1 is 1.48 bits per heavy atom. The molecule has 0 saturated carbocycles. The standard InChI is InChI=1S/C20H26O7/c1-6-10(2)17(22)26-14-8-19(5)15(21)9-20(24,27-19)11(3)7-13-16(14)12(4)18(23)25-13/h7,10,13-14,16,24H,4,6,8-9H2,1-3,5H3/b11-7-/t10-,13+,14-,16+,19-,20-/m1/s1. The molecular formula is C20H26O7. The van der Waals surface area contributed by atoms with E-state index < -0.39 is 41.5 Å². The number of aliphatic hydroxyl groups is 1. The summed E-state index contributed by atoms with van der Waals surface area (Å²) in [5.41, 5.74) is -0.775. The second-order valence-electron chi connectivity index (χ2n) is 7.98. The Kier molecular flexibility index (Phi) is 4.80. The summed E-state index contributed by atoms with van der Waals surface area (Å²) in [6.07, 6.45) is 0.383. The number of carbonyl (C=O) groups excluding carboxylic acids is 3. The van der Waals surface area contributed by atoms with Crippen LogP contribution in [0, 0.1) is 11.8 Å². The van der Waals surface area contributed by atoms with E-state index in [9.17, 15) is 19.5 Å². The molecule has 0 aromatic rings. The molecule has 27 heavy (non-hydrogen) atoms. The van der Waals surface area contributed by atoms with Crippen LogP contribution in [0.15, 0.2) is 23.8 Å². The Balaban J connectivity index is 2.05. The molecule has 0 aliphatic carbocycles. The van der Waals surface area contributed by atoms with E-state index in [-0.39, 0.29) is 30.1 Å². The van der Waals surface area contributed by atoms with Crippen LogP contribution in [0.4, 0.5) is 0 Å². The number of rotatable bonds is 3. The van der Waals surface area contributed by atoms with Gasteiger partial charge >= 0.3 is 11.9 Å². The van der Waals surface area contributed by atoms with Crippen LogP contribution in [0.2, 0.25) is 0 Å². The van der Waals surface area contributed by atoms with Gasteiger partial charge in [0.2, 0.25) is 0 Å². The van der Waals surface area contributed by atoms with Gasteiger partial charge in [-0.05, 0) is 31.9 Å². The van der Waals surface area contributed by atoms with Crippen molar-refractivity contribution in [2.75, 3.05) is 0 Å². The van der Waals surface area contributed by atoms with Crippen LogP contribution in [0.3, 0.4) is 0 Å². The summed E-state index contributed by atoms with van der Waals surface area (Å²) >= 11 is 0. The normalized spacial score (nSPS) is 41.6. The molecule has 0 spiro atoms. The molecule has 3 rings (SSSR count). The van der Waals surface area contributed by atoms with E-state index in [2.05, 4.69) is 6.58 Å². The number of esters is 2. The van der Waals surface area contributed by atoms with E-state index in [4.69, 9.17) is 14.2 Å². The lowest BCUT2D eigenvalue weighted by molar-refractivity contribution is -0.203. The zero-order chi connectivity index (χ0) is 20.1. The van der Waals surface area contributed by atoms with Crippen molar-refractivity contribution in [1.29, 1.82) is 0 Å². The maximum Gasteiger partial charge on any atom is 0.334 e. The number of Topliss-reactive ketones (excluding diaryl/α,β-unsaturated/α-hetero) is 1. The average molecular weight is 378 g/mol. The third-order valence-electron chi connectivity index (χ3n) is 5.95. The minimum absolute atomic E-state index is 0.00820. The lowest BCUT2D eigenvalue weighted by atomic mass is 9.81. The van der Waals surface area contributed by atoms with E-state index in [1.807, 2.05) is 6.92 Å². The third kappa shape index (κ3) is 3.23. The SMILES string of the molecule is C=C1C(=O)O[C@H]2/C=C(/C)[C@@]3(O)CC(=O)[C@@](C)(C[C@@H](OC(=O)[C@H](C)CC)[C@@H]12)O3. The Hall–Kier alpha value is -1.99. The highest BCUT2D eigenvalue weighted by molar-refractivity contribution is 5.92. The van der Waals surface area contributed by atoms with Crippen molar-refractivity contribution in [3.8, 4) is 0 Å². The van der Waals surface area contributed by atoms with Crippen molar-refractivity contribution in [3.63, 3.8) is 0 Å². The van der Waals surface area contributed by atoms with Gasteiger partial charge in [-0.25, -0.2) is 4.79 Å². The van der Waals surface area contributed by atoms with Gasteiger partial charge in [-0.15, -0.1) is 0 Å². The van der Waals surface area contributed by atoms with Gasteiger partial charge in [0.25, 0.3) is 0 Å². The Morgan fingerprint density at radius 2 is 2.15 bits per heavy atom. The molecule has 7 heteroatoms. The van der Waals surface area contributed by atoms with Gasteiger partial charge < -0.3 is 19.3 Å². The maximum absolute atomic E-state index is 12.6. The van der Waals surface area contributed by atoms with E-state index >= 15 is 0 Å². The predicted octanol–water partition coefficient (Wildman–Crippen LogP) is 1.83. The Labute approximate surface area is 158 Å². The topological polar surface area (TPSA) is 99.1 Å². The lowest BCUT2D eigenvalue weighted by Crippen LogP contribution is -2.43. The minimum Gasteiger partial charge on any atom is -0.461 e. The van der Waals surface area contributed by atoms with E-state index in [1.165, 1.54) is 0 Å². The predicted molar refractivity (Wildman–Crippen MR) is 94.3 cm³/mol. The van der Waals surface area contributed by atoms with Crippen LogP contribution >= 0.6 is 0 Å². The molecule has 2 saturated heterocycles. The van der Waals surface area contributed by atoms with Crippen LogP contribution in [-0.2, 0) is 28.6 Å². The summed E-state index contributed by atoms with van der Waals surface area (Å²) in [5, 5.41) is 10.8. The maximum atomic E-state index is 12.6. The van der Waals surface area contributed by atoms with Crippen LogP contribution in [0.5, 0.6) is 0 Å². The Bertz CT molecular complexity index is 739. The molecule has 1 N–H and O–H groups in total. The molecule has 0 unspecified atom stereocenters. The first-order valence-electron chi connectivity index (χ1n) is 9.26. The number of hydrogen-bond acceptors (Lipinski definition) is 7. The molecular weight excluding hydrogens is 352 g/mol. The molecule has 0 radical (unpaired) electrons. The van der Waals surface area contributed by atoms with Crippen LogP contribution in [-0.4, -0.2) is 46.4 Å². The fourth-order valence-corrected chi connectivity index (χ4v) is 3.86. The number of hydrogen-bond donors (Lipinski definition) is 1. The van der Waals surface area contributed by atoms with Crippen molar-refractivity contribution in [3.05, 3.63) is 23.8 Å². The molecule has 3 heterocycles. The highest BCUT2D eigenvalue weighted by atomic mass is 16.7. The van der Waals surface area contributed by atoms with Gasteiger partial charge in [0.05, 0.1) is 18.3 Å². The quantitative estimate of drug-likeness (QED) is 0.454. The number of ether oxygens (including phenoxy) is 3. The minimum atomic E-state index is -1.76. The van der Waals surface area contributed by atoms with Crippen molar-refractivity contribution in [2.45, 2.75) is 70.6 Å². The fourth-order valence-electron chi connectivity index (χ4n) is 3.86. The number of ketones is 1. The monoisotopic (exact) mass is 378 g/mol. The zero-order valence-electron chi connectivity index (χ0n) is 16.1. The summed E-state index contributed by atoms with van der Waals surface area (Å²) in [7, 11) is 0. The molecule has 2 fully saturated rings. The molecule has 7 nitrogen and oxygen atoms in total. The molecule has 3 aliphatic heterocycles. The molecule has 148 valence electrons. The van der Waals surface area contributed by atoms with Crippen molar-refractivity contribution in [2.24, 2.45) is 11.8 Å². The second-order valence-corrected chi connectivity index (χ2v) is 7.98. The van der Waals surface area contributed by atoms with Gasteiger partial charge in [0, 0.05) is 12.0 Å². The number of fused-ring (bicyclic) bond motifs is 3. The first kappa shape index (κ1) is 19.8. The summed E-state index contributed by atoms with van der Waals surface area (Å²) in [6, 6.07) is 0. The van der Waals surface area contributed by atoms with Crippen molar-refractivity contribution < 1.29 is 33.7 Å². The van der Waals surface area contributed by atoms with Gasteiger partial charge in [-0.1, -0.05) is 20.4 Å². The first-order chi connectivity index (χ1) is 12.5. The lowest BCUT2D eigenvalue weighted by Gasteiger charge is -2.32. The molecule has 6 atom stereocenters. The summed E-state index contributed by atoms with van der Waals surface area (Å²) in [6.45, 7) is 10.6. The summed E-state index contributed by atoms with van der Waals surface area (Å²) < 4.78 is 16.9. The van der Waals surface area contributed by atoms with Gasteiger partial charge in [0.15, 0.2) is 11.6 Å². The zero-order valence-corrected chi connectivity index (χ0v) is 16.1. The fraction of sp³-hybridized carbons (Fsp3) is 0.650. The second kappa shape index (κ2) is 6.56. The molecule has 0 amide bonds. The molecule has 2 bridgehead atoms. The highest BCUT2D eigenvalue weighted by Crippen LogP contribution is 2.46. The highest BCUT2D eigenvalue weighted by Gasteiger charge is 2.58. The smallest absolute Gasteiger partial charge is 0.334 e. The van der Waals surface area contributed by atoms with Crippen molar-refractivity contribution in [1.82, 2.24) is 0 Å². The third-order valence-corrected chi connectivity index (χ3v) is 5.95. The molecule has 3 aliphatic rings. The van der Waals surface area contributed by atoms with Gasteiger partial charge in [0.1, 0.15) is 17.8 Å². The largest absolute Gasteiger partial charge is 0.461 e. The van der Waals surface area contributed by atoms with Crippen molar-refractivity contribution >= 4 is 17.7 Å².